The van der Waals surface area contributed by atoms with Crippen molar-refractivity contribution in [2.24, 2.45) is 5.92 Å². The van der Waals surface area contributed by atoms with Gasteiger partial charge in [-0.3, -0.25) is 9.59 Å². The maximum Gasteiger partial charge on any atom is 0.240 e. The van der Waals surface area contributed by atoms with Gasteiger partial charge in [-0.15, -0.1) is 0 Å². The van der Waals surface area contributed by atoms with E-state index in [0.29, 0.717) is 19.5 Å². The minimum atomic E-state index is -0.107. The van der Waals surface area contributed by atoms with Gasteiger partial charge in [-0.1, -0.05) is 36.4 Å². The second-order valence-corrected chi connectivity index (χ2v) is 8.85. The van der Waals surface area contributed by atoms with Crippen LogP contribution in [0, 0.1) is 5.92 Å². The van der Waals surface area contributed by atoms with E-state index in [9.17, 15) is 9.59 Å². The minimum Gasteiger partial charge on any atom is -0.496 e. The van der Waals surface area contributed by atoms with E-state index in [2.05, 4.69) is 21.3 Å². The predicted octanol–water partition coefficient (Wildman–Crippen LogP) is 3.98. The number of hydrogen-bond donors (Lipinski definition) is 2. The van der Waals surface area contributed by atoms with Gasteiger partial charge in [0.2, 0.25) is 11.8 Å². The molecule has 0 aliphatic heterocycles. The average Bonchev–Trinajstić information content (AvgIpc) is 3.53. The van der Waals surface area contributed by atoms with Crippen molar-refractivity contribution in [2.45, 2.75) is 38.9 Å². The zero-order chi connectivity index (χ0) is 24.2. The first-order valence-corrected chi connectivity index (χ1v) is 11.9. The summed E-state index contributed by atoms with van der Waals surface area (Å²) in [6.45, 7) is 1.03. The predicted molar refractivity (Wildman–Crippen MR) is 133 cm³/mol. The average molecular weight is 472 g/mol. The van der Waals surface area contributed by atoms with Crippen molar-refractivity contribution in [2.75, 3.05) is 7.11 Å². The highest BCUT2D eigenvalue weighted by atomic mass is 16.5. The summed E-state index contributed by atoms with van der Waals surface area (Å²) in [7, 11) is 1.64. The molecule has 4 aromatic rings. The van der Waals surface area contributed by atoms with E-state index in [1.165, 1.54) is 5.56 Å². The van der Waals surface area contributed by atoms with Crippen molar-refractivity contribution in [3.05, 3.63) is 89.5 Å². The van der Waals surface area contributed by atoms with Gasteiger partial charge in [-0.25, -0.2) is 0 Å². The van der Waals surface area contributed by atoms with Crippen molar-refractivity contribution in [3.63, 3.8) is 0 Å². The van der Waals surface area contributed by atoms with Crippen LogP contribution in [-0.2, 0) is 42.1 Å². The van der Waals surface area contributed by atoms with Crippen LogP contribution in [0.4, 0.5) is 0 Å². The molecule has 35 heavy (non-hydrogen) atoms. The van der Waals surface area contributed by atoms with Crippen molar-refractivity contribution >= 4 is 22.7 Å². The number of fused-ring (bicyclic) bond motifs is 3. The molecule has 0 saturated carbocycles. The van der Waals surface area contributed by atoms with E-state index in [-0.39, 0.29) is 24.3 Å². The standard InChI is InChI=1S/C28H29N3O4/c1-34-26-11-5-2-7-20(26)16-30-28(33)19-12-13-25-23(15-19)22-9-3-4-10-24(22)31(25)18-27(32)29-17-21-8-6-14-35-21/h2-11,14,19H,12-13,15-18H2,1H3,(H,29,32)(H,30,33). The van der Waals surface area contributed by atoms with Gasteiger partial charge in [0.05, 0.1) is 19.9 Å². The Kier molecular flexibility index (Phi) is 6.57. The van der Waals surface area contributed by atoms with Crippen LogP contribution in [0.3, 0.4) is 0 Å². The maximum absolute atomic E-state index is 13.1. The summed E-state index contributed by atoms with van der Waals surface area (Å²) in [5, 5.41) is 7.14. The van der Waals surface area contributed by atoms with Crippen LogP contribution in [0.1, 0.15) is 29.0 Å². The van der Waals surface area contributed by atoms with E-state index >= 15 is 0 Å². The van der Waals surface area contributed by atoms with Gasteiger partial charge in [0.1, 0.15) is 18.1 Å². The maximum atomic E-state index is 13.1. The highest BCUT2D eigenvalue weighted by Gasteiger charge is 2.29. The topological polar surface area (TPSA) is 85.5 Å². The third-order valence-electron chi connectivity index (χ3n) is 6.73. The second-order valence-electron chi connectivity index (χ2n) is 8.85. The minimum absolute atomic E-state index is 0.0505. The number of nitrogens with zero attached hydrogens (tertiary/aromatic N) is 1. The van der Waals surface area contributed by atoms with Gasteiger partial charge in [0.15, 0.2) is 0 Å². The quantitative estimate of drug-likeness (QED) is 0.407. The molecule has 0 radical (unpaired) electrons. The van der Waals surface area contributed by atoms with Gasteiger partial charge in [0.25, 0.3) is 0 Å². The lowest BCUT2D eigenvalue weighted by Gasteiger charge is -2.23. The smallest absolute Gasteiger partial charge is 0.240 e. The summed E-state index contributed by atoms with van der Waals surface area (Å²) in [6.07, 6.45) is 3.76. The fourth-order valence-electron chi connectivity index (χ4n) is 4.98. The summed E-state index contributed by atoms with van der Waals surface area (Å²) in [4.78, 5) is 25.8. The summed E-state index contributed by atoms with van der Waals surface area (Å²) in [5.41, 5.74) is 4.30. The first-order chi connectivity index (χ1) is 17.1. The molecule has 0 saturated heterocycles. The summed E-state index contributed by atoms with van der Waals surface area (Å²) < 4.78 is 12.8. The van der Waals surface area contributed by atoms with Crippen LogP contribution in [-0.4, -0.2) is 23.5 Å². The molecule has 5 rings (SSSR count). The molecule has 7 heteroatoms. The van der Waals surface area contributed by atoms with Gasteiger partial charge in [-0.05, 0) is 49.1 Å². The molecule has 180 valence electrons. The van der Waals surface area contributed by atoms with E-state index in [0.717, 1.165) is 46.5 Å². The largest absolute Gasteiger partial charge is 0.496 e. The number of carbonyl (C=O) groups is 2. The van der Waals surface area contributed by atoms with Gasteiger partial charge >= 0.3 is 0 Å². The Morgan fingerprint density at radius 3 is 2.69 bits per heavy atom. The normalized spacial score (nSPS) is 14.9. The Morgan fingerprint density at radius 2 is 1.86 bits per heavy atom. The highest BCUT2D eigenvalue weighted by molar-refractivity contribution is 5.89. The Hall–Kier alpha value is -4.00. The second kappa shape index (κ2) is 10.1. The number of aromatic nitrogens is 1. The number of carbonyl (C=O) groups excluding carboxylic acids is 2. The summed E-state index contributed by atoms with van der Waals surface area (Å²) in [5.74, 6) is 1.37. The lowest BCUT2D eigenvalue weighted by Crippen LogP contribution is -2.34. The number of para-hydroxylation sites is 2. The molecule has 2 N–H and O–H groups in total. The Bertz CT molecular complexity index is 1340. The third-order valence-corrected chi connectivity index (χ3v) is 6.73. The van der Waals surface area contributed by atoms with Crippen LogP contribution in [0.5, 0.6) is 5.75 Å². The highest BCUT2D eigenvalue weighted by Crippen LogP contribution is 2.34. The van der Waals surface area contributed by atoms with Crippen molar-refractivity contribution in [1.29, 1.82) is 0 Å². The molecule has 2 aromatic heterocycles. The Morgan fingerprint density at radius 1 is 1.03 bits per heavy atom. The number of furan rings is 1. The van der Waals surface area contributed by atoms with E-state index < -0.39 is 0 Å². The van der Waals surface area contributed by atoms with Crippen molar-refractivity contribution < 1.29 is 18.7 Å². The molecular formula is C28H29N3O4. The van der Waals surface area contributed by atoms with Crippen LogP contribution in [0.15, 0.2) is 71.3 Å². The number of methoxy groups -OCH3 is 1. The molecule has 1 aliphatic rings. The monoisotopic (exact) mass is 471 g/mol. The summed E-state index contributed by atoms with van der Waals surface area (Å²) in [6, 6.07) is 19.5. The Labute approximate surface area is 204 Å². The van der Waals surface area contributed by atoms with Crippen LogP contribution >= 0.6 is 0 Å². The SMILES string of the molecule is COc1ccccc1CNC(=O)C1CCc2c(c3ccccc3n2CC(=O)NCc2ccco2)C1. The molecule has 2 heterocycles. The molecule has 1 aliphatic carbocycles. The van der Waals surface area contributed by atoms with E-state index in [1.807, 2.05) is 48.5 Å². The lowest BCUT2D eigenvalue weighted by molar-refractivity contribution is -0.125. The number of hydrogen-bond acceptors (Lipinski definition) is 4. The number of rotatable bonds is 8. The zero-order valence-electron chi connectivity index (χ0n) is 19.8. The van der Waals surface area contributed by atoms with Crippen molar-refractivity contribution in [3.8, 4) is 5.75 Å². The lowest BCUT2D eigenvalue weighted by atomic mass is 9.85. The first kappa shape index (κ1) is 22.8. The van der Waals surface area contributed by atoms with Gasteiger partial charge in [-0.2, -0.15) is 0 Å². The molecule has 2 aromatic carbocycles. The molecule has 0 spiro atoms. The molecule has 2 amide bonds. The van der Waals surface area contributed by atoms with E-state index in [4.69, 9.17) is 9.15 Å². The van der Waals surface area contributed by atoms with Crippen LogP contribution < -0.4 is 15.4 Å². The Balaban J connectivity index is 1.30. The molecule has 1 atom stereocenters. The summed E-state index contributed by atoms with van der Waals surface area (Å²) >= 11 is 0. The molecule has 1 unspecified atom stereocenters. The zero-order valence-corrected chi connectivity index (χ0v) is 19.8. The number of ether oxygens (including phenoxy) is 1. The van der Waals surface area contributed by atoms with Gasteiger partial charge < -0.3 is 24.4 Å². The first-order valence-electron chi connectivity index (χ1n) is 11.9. The molecule has 0 fully saturated rings. The number of nitrogens with one attached hydrogen (secondary N) is 2. The number of benzene rings is 2. The fourth-order valence-corrected chi connectivity index (χ4v) is 4.98. The number of amides is 2. The third kappa shape index (κ3) is 4.80. The van der Waals surface area contributed by atoms with E-state index in [1.54, 1.807) is 19.4 Å². The van der Waals surface area contributed by atoms with Gasteiger partial charge in [0, 0.05) is 34.6 Å². The molecule has 7 nitrogen and oxygen atoms in total. The molecular weight excluding hydrogens is 442 g/mol. The van der Waals surface area contributed by atoms with Crippen molar-refractivity contribution in [1.82, 2.24) is 15.2 Å². The molecule has 0 bridgehead atoms. The van der Waals surface area contributed by atoms with Crippen LogP contribution in [0.25, 0.3) is 10.9 Å². The van der Waals surface area contributed by atoms with Crippen LogP contribution in [0.2, 0.25) is 0 Å². The fraction of sp³-hybridized carbons (Fsp3) is 0.286.